The smallest absolute Gasteiger partial charge is 0.416 e. The van der Waals surface area contributed by atoms with E-state index >= 15 is 0 Å². The first-order chi connectivity index (χ1) is 7.43. The molecule has 1 rings (SSSR count). The van der Waals surface area contributed by atoms with Crippen LogP contribution >= 0.6 is 0 Å². The molecule has 1 aromatic rings. The van der Waals surface area contributed by atoms with Crippen molar-refractivity contribution in [1.82, 2.24) is 0 Å². The van der Waals surface area contributed by atoms with E-state index in [0.29, 0.717) is 0 Å². The molecule has 0 saturated heterocycles. The van der Waals surface area contributed by atoms with Crippen LogP contribution in [0.5, 0.6) is 11.5 Å². The Balaban J connectivity index is 3.37. The summed E-state index contributed by atoms with van der Waals surface area (Å²) in [5.74, 6) is 0.0550. The third-order valence-corrected chi connectivity index (χ3v) is 2.05. The van der Waals surface area contributed by atoms with Crippen LogP contribution in [0.4, 0.5) is 13.2 Å². The zero-order valence-corrected chi connectivity index (χ0v) is 8.76. The van der Waals surface area contributed by atoms with E-state index < -0.39 is 18.3 Å². The molecule has 0 aliphatic rings. The van der Waals surface area contributed by atoms with Crippen molar-refractivity contribution in [1.29, 1.82) is 0 Å². The molecular formula is C10H11F3O3. The van der Waals surface area contributed by atoms with Crippen LogP contribution in [-0.4, -0.2) is 19.3 Å². The van der Waals surface area contributed by atoms with Gasteiger partial charge in [-0.15, -0.1) is 0 Å². The molecule has 1 aromatic carbocycles. The predicted molar refractivity (Wildman–Crippen MR) is 50.5 cm³/mol. The number of hydrogen-bond donors (Lipinski definition) is 1. The van der Waals surface area contributed by atoms with Crippen molar-refractivity contribution in [2.45, 2.75) is 12.8 Å². The highest BCUT2D eigenvalue weighted by Crippen LogP contribution is 2.38. The van der Waals surface area contributed by atoms with Crippen molar-refractivity contribution in [3.63, 3.8) is 0 Å². The second-order valence-corrected chi connectivity index (χ2v) is 3.03. The summed E-state index contributed by atoms with van der Waals surface area (Å²) in [6.07, 6.45) is -4.48. The van der Waals surface area contributed by atoms with Gasteiger partial charge in [-0.1, -0.05) is 0 Å². The number of ether oxygens (including phenoxy) is 2. The second kappa shape index (κ2) is 4.61. The first-order valence-corrected chi connectivity index (χ1v) is 4.37. The Labute approximate surface area is 90.4 Å². The molecule has 6 heteroatoms. The van der Waals surface area contributed by atoms with Gasteiger partial charge in [0.05, 0.1) is 26.4 Å². The highest BCUT2D eigenvalue weighted by atomic mass is 19.4. The average molecular weight is 236 g/mol. The number of hydrogen-bond acceptors (Lipinski definition) is 3. The minimum absolute atomic E-state index is 0.0363. The lowest BCUT2D eigenvalue weighted by Gasteiger charge is -2.15. The molecule has 16 heavy (non-hydrogen) atoms. The van der Waals surface area contributed by atoms with Crippen LogP contribution in [0.2, 0.25) is 0 Å². The Morgan fingerprint density at radius 1 is 1.19 bits per heavy atom. The van der Waals surface area contributed by atoms with Crippen LogP contribution in [0, 0.1) is 0 Å². The molecule has 0 aliphatic carbocycles. The summed E-state index contributed by atoms with van der Waals surface area (Å²) in [6, 6.07) is 1.67. The average Bonchev–Trinajstić information content (AvgIpc) is 2.25. The van der Waals surface area contributed by atoms with Crippen molar-refractivity contribution in [3.8, 4) is 11.5 Å². The van der Waals surface area contributed by atoms with E-state index in [0.717, 1.165) is 12.1 Å². The number of halogens is 3. The molecule has 0 aromatic heterocycles. The van der Waals surface area contributed by atoms with Gasteiger partial charge in [0, 0.05) is 5.56 Å². The number of alkyl halides is 3. The normalized spacial score (nSPS) is 11.4. The van der Waals surface area contributed by atoms with Gasteiger partial charge in [0.2, 0.25) is 0 Å². The maximum Gasteiger partial charge on any atom is 0.416 e. The van der Waals surface area contributed by atoms with Gasteiger partial charge in [-0.05, 0) is 12.1 Å². The van der Waals surface area contributed by atoms with Crippen molar-refractivity contribution >= 4 is 0 Å². The van der Waals surface area contributed by atoms with Crippen LogP contribution in [0.15, 0.2) is 12.1 Å². The van der Waals surface area contributed by atoms with Gasteiger partial charge in [-0.2, -0.15) is 13.2 Å². The number of rotatable bonds is 3. The standard InChI is InChI=1S/C10H11F3O3/c1-15-8-4-7(10(11,12)13)3-6(5-14)9(8)16-2/h3-4,14H,5H2,1-2H3. The van der Waals surface area contributed by atoms with Crippen LogP contribution in [0.1, 0.15) is 11.1 Å². The zero-order chi connectivity index (χ0) is 12.3. The SMILES string of the molecule is COc1cc(C(F)(F)F)cc(CO)c1OC. The summed E-state index contributed by atoms with van der Waals surface area (Å²) >= 11 is 0. The van der Waals surface area contributed by atoms with Crippen molar-refractivity contribution in [3.05, 3.63) is 23.3 Å². The highest BCUT2D eigenvalue weighted by molar-refractivity contribution is 5.50. The maximum absolute atomic E-state index is 12.5. The lowest BCUT2D eigenvalue weighted by molar-refractivity contribution is -0.137. The summed E-state index contributed by atoms with van der Waals surface area (Å²) in [5, 5.41) is 8.96. The first-order valence-electron chi connectivity index (χ1n) is 4.37. The number of aliphatic hydroxyl groups is 1. The highest BCUT2D eigenvalue weighted by Gasteiger charge is 2.32. The van der Waals surface area contributed by atoms with Crippen LogP contribution in [0.25, 0.3) is 0 Å². The Bertz CT molecular complexity index is 349. The summed E-state index contributed by atoms with van der Waals surface area (Å²) in [6.45, 7) is -0.552. The molecule has 0 unspecified atom stereocenters. The third kappa shape index (κ3) is 2.38. The Morgan fingerprint density at radius 2 is 1.81 bits per heavy atom. The van der Waals surface area contributed by atoms with Gasteiger partial charge in [-0.25, -0.2) is 0 Å². The van der Waals surface area contributed by atoms with E-state index in [1.165, 1.54) is 14.2 Å². The van der Waals surface area contributed by atoms with Gasteiger partial charge in [0.25, 0.3) is 0 Å². The van der Waals surface area contributed by atoms with E-state index in [9.17, 15) is 13.2 Å². The van der Waals surface area contributed by atoms with Crippen LogP contribution in [-0.2, 0) is 12.8 Å². The number of methoxy groups -OCH3 is 2. The molecule has 90 valence electrons. The quantitative estimate of drug-likeness (QED) is 0.874. The van der Waals surface area contributed by atoms with Gasteiger partial charge >= 0.3 is 6.18 Å². The molecule has 1 N–H and O–H groups in total. The van der Waals surface area contributed by atoms with Crippen LogP contribution in [0.3, 0.4) is 0 Å². The van der Waals surface area contributed by atoms with E-state index in [-0.39, 0.29) is 17.1 Å². The Kier molecular flexibility index (Phi) is 3.64. The Morgan fingerprint density at radius 3 is 2.19 bits per heavy atom. The molecule has 0 amide bonds. The van der Waals surface area contributed by atoms with Gasteiger partial charge in [-0.3, -0.25) is 0 Å². The fourth-order valence-electron chi connectivity index (χ4n) is 1.32. The fourth-order valence-corrected chi connectivity index (χ4v) is 1.32. The zero-order valence-electron chi connectivity index (χ0n) is 8.76. The van der Waals surface area contributed by atoms with Crippen LogP contribution < -0.4 is 9.47 Å². The molecule has 0 aliphatic heterocycles. The summed E-state index contributed by atoms with van der Waals surface area (Å²) in [5.41, 5.74) is -0.844. The molecule has 0 radical (unpaired) electrons. The monoisotopic (exact) mass is 236 g/mol. The van der Waals surface area contributed by atoms with E-state index in [1.807, 2.05) is 0 Å². The van der Waals surface area contributed by atoms with Crippen molar-refractivity contribution in [2.24, 2.45) is 0 Å². The fraction of sp³-hybridized carbons (Fsp3) is 0.400. The van der Waals surface area contributed by atoms with Gasteiger partial charge in [0.1, 0.15) is 0 Å². The molecule has 0 saturated carbocycles. The summed E-state index contributed by atoms with van der Waals surface area (Å²) < 4.78 is 47.1. The summed E-state index contributed by atoms with van der Waals surface area (Å²) in [4.78, 5) is 0. The molecule has 0 spiro atoms. The molecule has 0 heterocycles. The second-order valence-electron chi connectivity index (χ2n) is 3.03. The largest absolute Gasteiger partial charge is 0.493 e. The molecule has 3 nitrogen and oxygen atoms in total. The minimum atomic E-state index is -4.48. The molecule has 0 fully saturated rings. The summed E-state index contributed by atoms with van der Waals surface area (Å²) in [7, 11) is 2.53. The first kappa shape index (κ1) is 12.6. The molecule has 0 bridgehead atoms. The number of aliphatic hydroxyl groups excluding tert-OH is 1. The van der Waals surface area contributed by atoms with E-state index in [4.69, 9.17) is 14.6 Å². The maximum atomic E-state index is 12.5. The lowest BCUT2D eigenvalue weighted by Crippen LogP contribution is -2.07. The van der Waals surface area contributed by atoms with E-state index in [2.05, 4.69) is 0 Å². The Hall–Kier alpha value is -1.43. The molecular weight excluding hydrogens is 225 g/mol. The van der Waals surface area contributed by atoms with Crippen molar-refractivity contribution in [2.75, 3.05) is 14.2 Å². The third-order valence-electron chi connectivity index (χ3n) is 2.05. The number of benzene rings is 1. The van der Waals surface area contributed by atoms with Crippen molar-refractivity contribution < 1.29 is 27.8 Å². The topological polar surface area (TPSA) is 38.7 Å². The van der Waals surface area contributed by atoms with Gasteiger partial charge < -0.3 is 14.6 Å². The molecule has 0 atom stereocenters. The lowest BCUT2D eigenvalue weighted by atomic mass is 10.1. The van der Waals surface area contributed by atoms with E-state index in [1.54, 1.807) is 0 Å². The minimum Gasteiger partial charge on any atom is -0.493 e. The predicted octanol–water partition coefficient (Wildman–Crippen LogP) is 2.21. The van der Waals surface area contributed by atoms with Gasteiger partial charge in [0.15, 0.2) is 11.5 Å².